The van der Waals surface area contributed by atoms with Crippen molar-refractivity contribution >= 4 is 17.7 Å². The molecule has 4 rings (SSSR count). The van der Waals surface area contributed by atoms with E-state index in [4.69, 9.17) is 9.47 Å². The first-order valence-corrected chi connectivity index (χ1v) is 12.7. The highest BCUT2D eigenvalue weighted by atomic mass is 32.2. The van der Waals surface area contributed by atoms with Crippen LogP contribution in [0.1, 0.15) is 37.5 Å². The molecule has 1 amide bonds. The molecule has 0 radical (unpaired) electrons. The van der Waals surface area contributed by atoms with Gasteiger partial charge in [-0.3, -0.25) is 9.36 Å². The quantitative estimate of drug-likeness (QED) is 0.387. The summed E-state index contributed by atoms with van der Waals surface area (Å²) >= 11 is 1.46. The molecule has 0 spiro atoms. The smallest absolute Gasteiger partial charge is 0.240 e. The zero-order valence-electron chi connectivity index (χ0n) is 20.0. The summed E-state index contributed by atoms with van der Waals surface area (Å²) < 4.78 is 13.4. The number of ether oxygens (including phenoxy) is 2. The summed E-state index contributed by atoms with van der Waals surface area (Å²) in [4.78, 5) is 15.4. The van der Waals surface area contributed by atoms with Gasteiger partial charge in [-0.1, -0.05) is 42.1 Å². The van der Waals surface area contributed by atoms with E-state index in [1.54, 1.807) is 7.11 Å². The van der Waals surface area contributed by atoms with Gasteiger partial charge in [0.05, 0.1) is 19.8 Å². The van der Waals surface area contributed by atoms with E-state index in [1.807, 2.05) is 73.3 Å². The Morgan fingerprint density at radius 2 is 1.88 bits per heavy atom. The van der Waals surface area contributed by atoms with Crippen LogP contribution in [0.2, 0.25) is 0 Å². The van der Waals surface area contributed by atoms with Crippen molar-refractivity contribution in [3.63, 3.8) is 0 Å². The van der Waals surface area contributed by atoms with E-state index in [0.717, 1.165) is 47.3 Å². The van der Waals surface area contributed by atoms with Crippen LogP contribution in [0.15, 0.2) is 59.8 Å². The second kappa shape index (κ2) is 11.5. The minimum Gasteiger partial charge on any atom is -0.497 e. The van der Waals surface area contributed by atoms with Crippen molar-refractivity contribution in [3.05, 3.63) is 60.2 Å². The van der Waals surface area contributed by atoms with Crippen molar-refractivity contribution in [1.82, 2.24) is 19.7 Å². The number of hydrogen-bond donors (Lipinski definition) is 0. The van der Waals surface area contributed by atoms with Gasteiger partial charge in [0.2, 0.25) is 5.91 Å². The van der Waals surface area contributed by atoms with Crippen LogP contribution in [0.4, 0.5) is 0 Å². The van der Waals surface area contributed by atoms with E-state index in [2.05, 4.69) is 14.8 Å². The molecule has 180 valence electrons. The number of thioether (sulfide) groups is 1. The Morgan fingerprint density at radius 3 is 2.50 bits per heavy atom. The van der Waals surface area contributed by atoms with Gasteiger partial charge in [0.25, 0.3) is 0 Å². The standard InChI is InChI=1S/C26H32N4O3S/c1-4-29(5-2)25(31)23(19-10-7-6-8-11-19)34-26-28-27-24(20-13-15-21(32-3)16-14-20)30(26)18-22-12-9-17-33-22/h6-8,10-11,13-16,22-23H,4-5,9,12,17-18H2,1-3H3. The first-order chi connectivity index (χ1) is 16.6. The second-order valence-electron chi connectivity index (χ2n) is 8.20. The van der Waals surface area contributed by atoms with Crippen molar-refractivity contribution in [3.8, 4) is 17.1 Å². The molecule has 1 aromatic heterocycles. The van der Waals surface area contributed by atoms with E-state index in [9.17, 15) is 4.79 Å². The lowest BCUT2D eigenvalue weighted by Crippen LogP contribution is -2.34. The van der Waals surface area contributed by atoms with Gasteiger partial charge in [0, 0.05) is 25.3 Å². The van der Waals surface area contributed by atoms with Crippen molar-refractivity contribution in [2.75, 3.05) is 26.8 Å². The molecule has 2 aromatic carbocycles. The van der Waals surface area contributed by atoms with Gasteiger partial charge in [-0.05, 0) is 56.5 Å². The zero-order valence-corrected chi connectivity index (χ0v) is 20.8. The lowest BCUT2D eigenvalue weighted by atomic mass is 10.1. The van der Waals surface area contributed by atoms with Gasteiger partial charge in [-0.15, -0.1) is 10.2 Å². The Bertz CT molecular complexity index is 1060. The SMILES string of the molecule is CCN(CC)C(=O)C(Sc1nnc(-c2ccc(OC)cc2)n1CC1CCCO1)c1ccccc1. The van der Waals surface area contributed by atoms with E-state index in [0.29, 0.717) is 19.6 Å². The largest absolute Gasteiger partial charge is 0.497 e. The van der Waals surface area contributed by atoms with Crippen LogP contribution in [0.5, 0.6) is 5.75 Å². The maximum Gasteiger partial charge on any atom is 0.240 e. The summed E-state index contributed by atoms with van der Waals surface area (Å²) in [7, 11) is 1.65. The lowest BCUT2D eigenvalue weighted by molar-refractivity contribution is -0.130. The Balaban J connectivity index is 1.71. The fourth-order valence-corrected chi connectivity index (χ4v) is 5.31. The molecule has 34 heavy (non-hydrogen) atoms. The minimum atomic E-state index is -0.405. The van der Waals surface area contributed by atoms with Crippen LogP contribution in [0.3, 0.4) is 0 Å². The number of carbonyl (C=O) groups is 1. The van der Waals surface area contributed by atoms with Gasteiger partial charge in [0.15, 0.2) is 11.0 Å². The number of amides is 1. The minimum absolute atomic E-state index is 0.0823. The molecule has 1 saturated heterocycles. The monoisotopic (exact) mass is 480 g/mol. The first-order valence-electron chi connectivity index (χ1n) is 11.8. The molecule has 0 N–H and O–H groups in total. The maximum absolute atomic E-state index is 13.5. The summed E-state index contributed by atoms with van der Waals surface area (Å²) in [5, 5.41) is 9.41. The highest BCUT2D eigenvalue weighted by Gasteiger charge is 2.29. The fraction of sp³-hybridized carbons (Fsp3) is 0.423. The summed E-state index contributed by atoms with van der Waals surface area (Å²) in [5.41, 5.74) is 1.91. The molecule has 0 aliphatic carbocycles. The van der Waals surface area contributed by atoms with Gasteiger partial charge in [-0.25, -0.2) is 0 Å². The molecule has 7 nitrogen and oxygen atoms in total. The van der Waals surface area contributed by atoms with E-state index in [1.165, 1.54) is 11.8 Å². The van der Waals surface area contributed by atoms with Crippen molar-refractivity contribution in [2.24, 2.45) is 0 Å². The average Bonchev–Trinajstić information content (AvgIpc) is 3.54. The molecule has 3 aromatic rings. The number of aromatic nitrogens is 3. The molecule has 8 heteroatoms. The number of carbonyl (C=O) groups excluding carboxylic acids is 1. The third-order valence-corrected chi connectivity index (χ3v) is 7.32. The maximum atomic E-state index is 13.5. The summed E-state index contributed by atoms with van der Waals surface area (Å²) in [6, 6.07) is 17.7. The Hall–Kier alpha value is -2.84. The average molecular weight is 481 g/mol. The van der Waals surface area contributed by atoms with Gasteiger partial charge >= 0.3 is 0 Å². The highest BCUT2D eigenvalue weighted by Crippen LogP contribution is 2.38. The summed E-state index contributed by atoms with van der Waals surface area (Å²) in [6.07, 6.45) is 2.17. The van der Waals surface area contributed by atoms with Gasteiger partial charge in [-0.2, -0.15) is 0 Å². The molecule has 2 atom stereocenters. The topological polar surface area (TPSA) is 69.5 Å². The third-order valence-electron chi connectivity index (χ3n) is 6.10. The summed E-state index contributed by atoms with van der Waals surface area (Å²) in [6.45, 7) is 6.78. The molecule has 0 saturated carbocycles. The number of rotatable bonds is 10. The predicted octanol–water partition coefficient (Wildman–Crippen LogP) is 4.83. The number of nitrogens with zero attached hydrogens (tertiary/aromatic N) is 4. The van der Waals surface area contributed by atoms with Crippen molar-refractivity contribution in [1.29, 1.82) is 0 Å². The molecule has 1 aliphatic heterocycles. The second-order valence-corrected chi connectivity index (χ2v) is 9.27. The van der Waals surface area contributed by atoms with Crippen molar-refractivity contribution in [2.45, 2.75) is 49.7 Å². The molecule has 0 bridgehead atoms. The van der Waals surface area contributed by atoms with Crippen LogP contribution < -0.4 is 4.74 Å². The van der Waals surface area contributed by atoms with Crippen molar-refractivity contribution < 1.29 is 14.3 Å². The van der Waals surface area contributed by atoms with E-state index < -0.39 is 5.25 Å². The van der Waals surface area contributed by atoms with Crippen LogP contribution in [0.25, 0.3) is 11.4 Å². The van der Waals surface area contributed by atoms with E-state index in [-0.39, 0.29) is 12.0 Å². The predicted molar refractivity (Wildman–Crippen MR) is 134 cm³/mol. The molecule has 2 heterocycles. The summed E-state index contributed by atoms with van der Waals surface area (Å²) in [5.74, 6) is 1.64. The number of benzene rings is 2. The van der Waals surface area contributed by atoms with Crippen LogP contribution >= 0.6 is 11.8 Å². The van der Waals surface area contributed by atoms with Gasteiger partial charge in [0.1, 0.15) is 11.0 Å². The molecular weight excluding hydrogens is 448 g/mol. The first kappa shape index (κ1) is 24.3. The third kappa shape index (κ3) is 5.45. The number of likely N-dealkylation sites (N-methyl/N-ethyl adjacent to an activating group) is 1. The normalized spacial score (nSPS) is 16.4. The number of methoxy groups -OCH3 is 1. The number of hydrogen-bond acceptors (Lipinski definition) is 6. The van der Waals surface area contributed by atoms with Gasteiger partial charge < -0.3 is 14.4 Å². The zero-order chi connectivity index (χ0) is 23.9. The molecule has 2 unspecified atom stereocenters. The van der Waals surface area contributed by atoms with E-state index >= 15 is 0 Å². The van der Waals surface area contributed by atoms with Crippen LogP contribution in [-0.2, 0) is 16.1 Å². The fourth-order valence-electron chi connectivity index (χ4n) is 4.18. The lowest BCUT2D eigenvalue weighted by Gasteiger charge is -2.25. The Kier molecular flexibility index (Phi) is 8.24. The molecule has 1 fully saturated rings. The Labute approximate surface area is 205 Å². The molecule has 1 aliphatic rings. The van der Waals surface area contributed by atoms with Crippen LogP contribution in [0, 0.1) is 0 Å². The molecular formula is C26H32N4O3S. The van der Waals surface area contributed by atoms with Crippen LogP contribution in [-0.4, -0.2) is 58.5 Å². The highest BCUT2D eigenvalue weighted by molar-refractivity contribution is 8.00. The Morgan fingerprint density at radius 1 is 1.15 bits per heavy atom.